The summed E-state index contributed by atoms with van der Waals surface area (Å²) in [6.45, 7) is 10.1. The first kappa shape index (κ1) is 19.3. The van der Waals surface area contributed by atoms with Crippen LogP contribution in [0.5, 0.6) is 5.75 Å². The van der Waals surface area contributed by atoms with Crippen LogP contribution in [0.15, 0.2) is 30.5 Å². The molecule has 0 aliphatic carbocycles. The summed E-state index contributed by atoms with van der Waals surface area (Å²) in [5, 5.41) is 4.40. The van der Waals surface area contributed by atoms with Gasteiger partial charge in [-0.05, 0) is 50.6 Å². The van der Waals surface area contributed by atoms with Crippen molar-refractivity contribution >= 4 is 5.69 Å². The van der Waals surface area contributed by atoms with E-state index in [0.717, 1.165) is 38.5 Å². The SMILES string of the molecule is COc1ccc(N2CCN(C3CCCN(Cc4cnn(C)c4C)C3)CC2)cc1. The Labute approximate surface area is 168 Å². The summed E-state index contributed by atoms with van der Waals surface area (Å²) in [6, 6.07) is 9.14. The van der Waals surface area contributed by atoms with Gasteiger partial charge in [0.2, 0.25) is 0 Å². The van der Waals surface area contributed by atoms with Gasteiger partial charge < -0.3 is 9.64 Å². The number of rotatable bonds is 5. The molecule has 4 rings (SSSR count). The molecule has 2 aliphatic heterocycles. The van der Waals surface area contributed by atoms with Crippen LogP contribution < -0.4 is 9.64 Å². The molecule has 28 heavy (non-hydrogen) atoms. The van der Waals surface area contributed by atoms with E-state index in [1.165, 1.54) is 42.9 Å². The molecule has 6 heteroatoms. The van der Waals surface area contributed by atoms with Crippen LogP contribution in [0, 0.1) is 6.92 Å². The maximum atomic E-state index is 5.28. The third kappa shape index (κ3) is 4.18. The molecular weight excluding hydrogens is 350 g/mol. The molecule has 2 fully saturated rings. The minimum absolute atomic E-state index is 0.684. The van der Waals surface area contributed by atoms with Gasteiger partial charge in [-0.25, -0.2) is 0 Å². The van der Waals surface area contributed by atoms with Crippen LogP contribution in [0.3, 0.4) is 0 Å². The molecule has 3 heterocycles. The number of nitrogens with zero attached hydrogens (tertiary/aromatic N) is 5. The van der Waals surface area contributed by atoms with Crippen molar-refractivity contribution in [3.05, 3.63) is 41.7 Å². The molecule has 0 bridgehead atoms. The largest absolute Gasteiger partial charge is 0.497 e. The molecular formula is C22H33N5O. The molecule has 1 aromatic carbocycles. The topological polar surface area (TPSA) is 36.8 Å². The van der Waals surface area contributed by atoms with Crippen molar-refractivity contribution in [3.8, 4) is 5.75 Å². The molecule has 6 nitrogen and oxygen atoms in total. The highest BCUT2D eigenvalue weighted by atomic mass is 16.5. The van der Waals surface area contributed by atoms with Crippen molar-refractivity contribution in [2.75, 3.05) is 51.3 Å². The van der Waals surface area contributed by atoms with Gasteiger partial charge in [-0.2, -0.15) is 5.10 Å². The average molecular weight is 384 g/mol. The van der Waals surface area contributed by atoms with Crippen LogP contribution in [0.25, 0.3) is 0 Å². The third-order valence-electron chi connectivity index (χ3n) is 6.48. The van der Waals surface area contributed by atoms with E-state index in [9.17, 15) is 0 Å². The smallest absolute Gasteiger partial charge is 0.119 e. The Hall–Kier alpha value is -2.05. The second-order valence-electron chi connectivity index (χ2n) is 8.13. The zero-order valence-electron chi connectivity index (χ0n) is 17.5. The first-order chi connectivity index (χ1) is 13.6. The van der Waals surface area contributed by atoms with E-state index < -0.39 is 0 Å². The summed E-state index contributed by atoms with van der Waals surface area (Å²) < 4.78 is 7.26. The molecule has 0 N–H and O–H groups in total. The van der Waals surface area contributed by atoms with E-state index in [0.29, 0.717) is 6.04 Å². The molecule has 152 valence electrons. The van der Waals surface area contributed by atoms with Gasteiger partial charge in [0.25, 0.3) is 0 Å². The van der Waals surface area contributed by atoms with Gasteiger partial charge >= 0.3 is 0 Å². The lowest BCUT2D eigenvalue weighted by Crippen LogP contribution is -2.55. The Morgan fingerprint density at radius 1 is 1.07 bits per heavy atom. The van der Waals surface area contributed by atoms with Crippen molar-refractivity contribution in [1.29, 1.82) is 0 Å². The van der Waals surface area contributed by atoms with Crippen molar-refractivity contribution in [3.63, 3.8) is 0 Å². The highest BCUT2D eigenvalue weighted by Gasteiger charge is 2.28. The second-order valence-corrected chi connectivity index (χ2v) is 8.13. The standard InChI is InChI=1S/C22H33N5O/c1-18-19(15-23-24(18)2)16-25-10-4-5-21(17-25)27-13-11-26(12-14-27)20-6-8-22(28-3)9-7-20/h6-9,15,21H,4-5,10-14,16-17H2,1-3H3. The number of hydrogen-bond acceptors (Lipinski definition) is 5. The van der Waals surface area contributed by atoms with Gasteiger partial charge in [0.15, 0.2) is 0 Å². The molecule has 1 unspecified atom stereocenters. The fourth-order valence-corrected chi connectivity index (χ4v) is 4.55. The Morgan fingerprint density at radius 3 is 2.46 bits per heavy atom. The number of anilines is 1. The monoisotopic (exact) mass is 383 g/mol. The third-order valence-corrected chi connectivity index (χ3v) is 6.48. The Kier molecular flexibility index (Phi) is 5.87. The summed E-state index contributed by atoms with van der Waals surface area (Å²) in [4.78, 5) is 7.83. The molecule has 1 atom stereocenters. The quantitative estimate of drug-likeness (QED) is 0.793. The van der Waals surface area contributed by atoms with E-state index in [2.05, 4.69) is 51.0 Å². The molecule has 0 radical (unpaired) electrons. The first-order valence-corrected chi connectivity index (χ1v) is 10.5. The molecule has 0 saturated carbocycles. The fourth-order valence-electron chi connectivity index (χ4n) is 4.55. The maximum Gasteiger partial charge on any atom is 0.119 e. The van der Waals surface area contributed by atoms with E-state index >= 15 is 0 Å². The Balaban J connectivity index is 1.30. The number of likely N-dealkylation sites (tertiary alicyclic amines) is 1. The summed E-state index contributed by atoms with van der Waals surface area (Å²) in [7, 11) is 3.75. The van der Waals surface area contributed by atoms with Gasteiger partial charge in [-0.3, -0.25) is 14.5 Å². The zero-order valence-corrected chi connectivity index (χ0v) is 17.5. The predicted molar refractivity (Wildman–Crippen MR) is 113 cm³/mol. The minimum Gasteiger partial charge on any atom is -0.497 e. The van der Waals surface area contributed by atoms with Crippen LogP contribution in [0.2, 0.25) is 0 Å². The van der Waals surface area contributed by atoms with Crippen molar-refractivity contribution in [2.24, 2.45) is 7.05 Å². The number of aromatic nitrogens is 2. The number of aryl methyl sites for hydroxylation is 1. The highest BCUT2D eigenvalue weighted by Crippen LogP contribution is 2.24. The lowest BCUT2D eigenvalue weighted by molar-refractivity contribution is 0.0886. The Morgan fingerprint density at radius 2 is 1.82 bits per heavy atom. The summed E-state index contributed by atoms with van der Waals surface area (Å²) in [6.07, 6.45) is 4.65. The summed E-state index contributed by atoms with van der Waals surface area (Å²) in [5.41, 5.74) is 3.96. The van der Waals surface area contributed by atoms with Crippen molar-refractivity contribution in [1.82, 2.24) is 19.6 Å². The number of methoxy groups -OCH3 is 1. The van der Waals surface area contributed by atoms with Crippen LogP contribution in [-0.2, 0) is 13.6 Å². The lowest BCUT2D eigenvalue weighted by atomic mass is 10.0. The number of benzene rings is 1. The van der Waals surface area contributed by atoms with Crippen molar-refractivity contribution < 1.29 is 4.74 Å². The van der Waals surface area contributed by atoms with E-state index in [1.54, 1.807) is 7.11 Å². The number of hydrogen-bond donors (Lipinski definition) is 0. The molecule has 0 amide bonds. The van der Waals surface area contributed by atoms with Crippen LogP contribution >= 0.6 is 0 Å². The number of piperazine rings is 1. The Bertz CT molecular complexity index is 764. The van der Waals surface area contributed by atoms with Gasteiger partial charge in [0.05, 0.1) is 13.3 Å². The first-order valence-electron chi connectivity index (χ1n) is 10.5. The second kappa shape index (κ2) is 8.53. The molecule has 0 spiro atoms. The average Bonchev–Trinajstić information content (AvgIpc) is 3.06. The molecule has 2 aliphatic rings. The summed E-state index contributed by atoms with van der Waals surface area (Å²) >= 11 is 0. The predicted octanol–water partition coefficient (Wildman–Crippen LogP) is 2.52. The van der Waals surface area contributed by atoms with Gasteiger partial charge in [-0.15, -0.1) is 0 Å². The normalized spacial score (nSPS) is 21.8. The molecule has 2 saturated heterocycles. The lowest BCUT2D eigenvalue weighted by Gasteiger charge is -2.44. The number of ether oxygens (including phenoxy) is 1. The minimum atomic E-state index is 0.684. The van der Waals surface area contributed by atoms with Gasteiger partial charge in [0.1, 0.15) is 5.75 Å². The zero-order chi connectivity index (χ0) is 19.5. The van der Waals surface area contributed by atoms with E-state index in [1.807, 2.05) is 17.9 Å². The van der Waals surface area contributed by atoms with E-state index in [4.69, 9.17) is 4.74 Å². The van der Waals surface area contributed by atoms with Crippen LogP contribution in [-0.4, -0.2) is 72.0 Å². The molecule has 2 aromatic rings. The highest BCUT2D eigenvalue weighted by molar-refractivity contribution is 5.49. The van der Waals surface area contributed by atoms with Crippen molar-refractivity contribution in [2.45, 2.75) is 32.4 Å². The fraction of sp³-hybridized carbons (Fsp3) is 0.591. The van der Waals surface area contributed by atoms with Crippen LogP contribution in [0.4, 0.5) is 5.69 Å². The van der Waals surface area contributed by atoms with Gasteiger partial charge in [-0.1, -0.05) is 0 Å². The maximum absolute atomic E-state index is 5.28. The number of piperidine rings is 1. The summed E-state index contributed by atoms with van der Waals surface area (Å²) in [5.74, 6) is 0.925. The van der Waals surface area contributed by atoms with E-state index in [-0.39, 0.29) is 0 Å². The van der Waals surface area contributed by atoms with Crippen LogP contribution in [0.1, 0.15) is 24.1 Å². The van der Waals surface area contributed by atoms with Gasteiger partial charge in [0, 0.05) is 69.3 Å². The molecule has 1 aromatic heterocycles.